The number of aryl methyl sites for hydroxylation is 1. The molecule has 1 atom stereocenters. The summed E-state index contributed by atoms with van der Waals surface area (Å²) in [6.07, 6.45) is 2.76. The van der Waals surface area contributed by atoms with E-state index in [1.165, 1.54) is 0 Å². The lowest BCUT2D eigenvalue weighted by Gasteiger charge is -2.11. The van der Waals surface area contributed by atoms with Gasteiger partial charge in [-0.1, -0.05) is 23.7 Å². The number of nitrogens with one attached hydrogen (secondary N) is 1. The Kier molecular flexibility index (Phi) is 4.63. The van der Waals surface area contributed by atoms with Crippen LogP contribution in [0, 0.1) is 0 Å². The smallest absolute Gasteiger partial charge is 0.220 e. The molecule has 1 amide bonds. The predicted octanol–water partition coefficient (Wildman–Crippen LogP) is 3.74. The molecule has 1 unspecified atom stereocenters. The number of halogens is 1. The molecule has 1 heterocycles. The Balaban J connectivity index is 1.80. The van der Waals surface area contributed by atoms with Crippen molar-refractivity contribution in [2.45, 2.75) is 25.8 Å². The second kappa shape index (κ2) is 6.43. The summed E-state index contributed by atoms with van der Waals surface area (Å²) >= 11 is 5.81. The molecule has 0 radical (unpaired) electrons. The van der Waals surface area contributed by atoms with Crippen molar-refractivity contribution in [2.75, 3.05) is 0 Å². The molecule has 0 saturated carbocycles. The van der Waals surface area contributed by atoms with E-state index in [9.17, 15) is 4.79 Å². The third kappa shape index (κ3) is 4.14. The Morgan fingerprint density at radius 1 is 1.32 bits per heavy atom. The van der Waals surface area contributed by atoms with E-state index in [2.05, 4.69) is 5.32 Å². The molecule has 2 aromatic rings. The van der Waals surface area contributed by atoms with E-state index in [1.54, 1.807) is 6.26 Å². The topological polar surface area (TPSA) is 42.2 Å². The third-order valence-electron chi connectivity index (χ3n) is 2.90. The summed E-state index contributed by atoms with van der Waals surface area (Å²) in [7, 11) is 0. The van der Waals surface area contributed by atoms with Crippen molar-refractivity contribution in [3.63, 3.8) is 0 Å². The number of benzene rings is 1. The first-order valence-electron chi connectivity index (χ1n) is 6.22. The lowest BCUT2D eigenvalue weighted by molar-refractivity contribution is -0.121. The van der Waals surface area contributed by atoms with Gasteiger partial charge in [0.25, 0.3) is 0 Å². The van der Waals surface area contributed by atoms with E-state index in [4.69, 9.17) is 16.0 Å². The minimum atomic E-state index is -0.104. The van der Waals surface area contributed by atoms with E-state index in [1.807, 2.05) is 43.3 Å². The monoisotopic (exact) mass is 277 g/mol. The molecule has 0 saturated heterocycles. The number of furan rings is 1. The average molecular weight is 278 g/mol. The Morgan fingerprint density at radius 3 is 2.68 bits per heavy atom. The van der Waals surface area contributed by atoms with Crippen molar-refractivity contribution in [1.29, 1.82) is 0 Å². The molecule has 0 spiro atoms. The largest absolute Gasteiger partial charge is 0.467 e. The predicted molar refractivity (Wildman–Crippen MR) is 75.0 cm³/mol. The van der Waals surface area contributed by atoms with Gasteiger partial charge in [0.1, 0.15) is 5.76 Å². The van der Waals surface area contributed by atoms with Crippen LogP contribution in [0.25, 0.3) is 0 Å². The van der Waals surface area contributed by atoms with Gasteiger partial charge in [-0.25, -0.2) is 0 Å². The zero-order chi connectivity index (χ0) is 13.7. The number of amides is 1. The van der Waals surface area contributed by atoms with Crippen LogP contribution in [0.4, 0.5) is 0 Å². The maximum atomic E-state index is 11.8. The standard InChI is InChI=1S/C15H16ClNO2/c1-11(14-3-2-10-19-14)17-15(18)9-6-12-4-7-13(16)8-5-12/h2-5,7-8,10-11H,6,9H2,1H3,(H,17,18). The molecule has 2 rings (SSSR count). The van der Waals surface area contributed by atoms with E-state index in [-0.39, 0.29) is 11.9 Å². The quantitative estimate of drug-likeness (QED) is 0.904. The molecule has 1 aromatic carbocycles. The maximum absolute atomic E-state index is 11.8. The molecule has 4 heteroatoms. The minimum Gasteiger partial charge on any atom is -0.467 e. The van der Waals surface area contributed by atoms with Gasteiger partial charge in [0.15, 0.2) is 0 Å². The van der Waals surface area contributed by atoms with Gasteiger partial charge in [0.2, 0.25) is 5.91 Å². The summed E-state index contributed by atoms with van der Waals surface area (Å²) in [6.45, 7) is 1.90. The summed E-state index contributed by atoms with van der Waals surface area (Å²) in [5.74, 6) is 0.777. The summed E-state index contributed by atoms with van der Waals surface area (Å²) in [4.78, 5) is 11.8. The molecule has 100 valence electrons. The van der Waals surface area contributed by atoms with Gasteiger partial charge < -0.3 is 9.73 Å². The minimum absolute atomic E-state index is 0.0128. The molecule has 19 heavy (non-hydrogen) atoms. The van der Waals surface area contributed by atoms with Crippen molar-refractivity contribution in [2.24, 2.45) is 0 Å². The van der Waals surface area contributed by atoms with Gasteiger partial charge in [0, 0.05) is 11.4 Å². The van der Waals surface area contributed by atoms with Gasteiger partial charge in [-0.15, -0.1) is 0 Å². The summed E-state index contributed by atoms with van der Waals surface area (Å²) in [6, 6.07) is 11.1. The zero-order valence-electron chi connectivity index (χ0n) is 10.7. The van der Waals surface area contributed by atoms with Crippen LogP contribution in [0.15, 0.2) is 47.1 Å². The van der Waals surface area contributed by atoms with Crippen molar-refractivity contribution >= 4 is 17.5 Å². The molecule has 0 aliphatic rings. The number of hydrogen-bond donors (Lipinski definition) is 1. The summed E-state index contributed by atoms with van der Waals surface area (Å²) < 4.78 is 5.24. The van der Waals surface area contributed by atoms with E-state index in [0.29, 0.717) is 17.9 Å². The molecule has 0 bridgehead atoms. The van der Waals surface area contributed by atoms with Crippen LogP contribution in [0.5, 0.6) is 0 Å². The molecular weight excluding hydrogens is 262 g/mol. The normalized spacial score (nSPS) is 12.1. The van der Waals surface area contributed by atoms with Crippen LogP contribution in [-0.4, -0.2) is 5.91 Å². The lowest BCUT2D eigenvalue weighted by atomic mass is 10.1. The van der Waals surface area contributed by atoms with Crippen molar-refractivity contribution in [3.05, 3.63) is 59.0 Å². The highest BCUT2D eigenvalue weighted by atomic mass is 35.5. The molecule has 0 aliphatic heterocycles. The Hall–Kier alpha value is -1.74. The van der Waals surface area contributed by atoms with Crippen molar-refractivity contribution in [1.82, 2.24) is 5.32 Å². The zero-order valence-corrected chi connectivity index (χ0v) is 11.5. The lowest BCUT2D eigenvalue weighted by Crippen LogP contribution is -2.26. The van der Waals surface area contributed by atoms with E-state index < -0.39 is 0 Å². The van der Waals surface area contributed by atoms with Gasteiger partial charge in [-0.05, 0) is 43.2 Å². The van der Waals surface area contributed by atoms with Crippen LogP contribution >= 0.6 is 11.6 Å². The fourth-order valence-electron chi connectivity index (χ4n) is 1.83. The van der Waals surface area contributed by atoms with Gasteiger partial charge >= 0.3 is 0 Å². The Bertz CT molecular complexity index is 520. The maximum Gasteiger partial charge on any atom is 0.220 e. The number of carbonyl (C=O) groups is 1. The molecule has 3 nitrogen and oxygen atoms in total. The van der Waals surface area contributed by atoms with E-state index in [0.717, 1.165) is 11.3 Å². The van der Waals surface area contributed by atoms with Crippen LogP contribution in [-0.2, 0) is 11.2 Å². The fourth-order valence-corrected chi connectivity index (χ4v) is 1.96. The van der Waals surface area contributed by atoms with Gasteiger partial charge in [0.05, 0.1) is 12.3 Å². The van der Waals surface area contributed by atoms with Gasteiger partial charge in [-0.3, -0.25) is 4.79 Å². The molecule has 1 N–H and O–H groups in total. The Labute approximate surface area is 117 Å². The molecule has 0 aliphatic carbocycles. The summed E-state index contributed by atoms with van der Waals surface area (Å²) in [5.41, 5.74) is 1.10. The highest BCUT2D eigenvalue weighted by Crippen LogP contribution is 2.13. The van der Waals surface area contributed by atoms with Gasteiger partial charge in [-0.2, -0.15) is 0 Å². The second-order valence-corrected chi connectivity index (χ2v) is 4.87. The van der Waals surface area contributed by atoms with Crippen molar-refractivity contribution < 1.29 is 9.21 Å². The number of hydrogen-bond acceptors (Lipinski definition) is 2. The van der Waals surface area contributed by atoms with Crippen LogP contribution in [0.1, 0.15) is 30.7 Å². The first kappa shape index (κ1) is 13.7. The average Bonchev–Trinajstić information content (AvgIpc) is 2.92. The second-order valence-electron chi connectivity index (χ2n) is 4.43. The number of carbonyl (C=O) groups excluding carboxylic acids is 1. The van der Waals surface area contributed by atoms with Crippen LogP contribution < -0.4 is 5.32 Å². The molecular formula is C15H16ClNO2. The first-order valence-corrected chi connectivity index (χ1v) is 6.60. The molecule has 0 fully saturated rings. The number of rotatable bonds is 5. The third-order valence-corrected chi connectivity index (χ3v) is 3.15. The molecule has 1 aromatic heterocycles. The highest BCUT2D eigenvalue weighted by molar-refractivity contribution is 6.30. The SMILES string of the molecule is CC(NC(=O)CCc1ccc(Cl)cc1)c1ccco1. The highest BCUT2D eigenvalue weighted by Gasteiger charge is 2.11. The first-order chi connectivity index (χ1) is 9.15. The van der Waals surface area contributed by atoms with Crippen molar-refractivity contribution in [3.8, 4) is 0 Å². The Morgan fingerprint density at radius 2 is 2.05 bits per heavy atom. The summed E-state index contributed by atoms with van der Waals surface area (Å²) in [5, 5.41) is 3.61. The van der Waals surface area contributed by atoms with E-state index >= 15 is 0 Å². The van der Waals surface area contributed by atoms with Crippen LogP contribution in [0.2, 0.25) is 5.02 Å². The fraction of sp³-hybridized carbons (Fsp3) is 0.267. The van der Waals surface area contributed by atoms with Crippen LogP contribution in [0.3, 0.4) is 0 Å².